The Morgan fingerprint density at radius 2 is 1.11 bits per heavy atom. The van der Waals surface area contributed by atoms with E-state index in [-0.39, 0.29) is 0 Å². The second-order valence-electron chi connectivity index (χ2n) is 2.51. The normalized spacial score (nSPS) is 10.4. The Hall–Kier alpha value is -1.82. The zero-order chi connectivity index (χ0) is 14.8. The first-order valence-electron chi connectivity index (χ1n) is 6.37. The average Bonchev–Trinajstić information content (AvgIpc) is 2.45. The molecule has 0 unspecified atom stereocenters. The van der Waals surface area contributed by atoms with Gasteiger partial charge in [0, 0.05) is 0 Å². The van der Waals surface area contributed by atoms with Gasteiger partial charge in [-0.1, -0.05) is 103 Å². The number of allylic oxidation sites excluding steroid dienone is 10. The molecule has 0 radical (unpaired) electrons. The fourth-order valence-corrected chi connectivity index (χ4v) is 0.956. The van der Waals surface area contributed by atoms with Crippen molar-refractivity contribution in [3.63, 3.8) is 0 Å². The van der Waals surface area contributed by atoms with Crippen LogP contribution in [0.25, 0.3) is 0 Å². The Morgan fingerprint density at radius 3 is 1.44 bits per heavy atom. The summed E-state index contributed by atoms with van der Waals surface area (Å²) in [6, 6.07) is 0. The van der Waals surface area contributed by atoms with Crippen molar-refractivity contribution in [1.29, 1.82) is 0 Å². The molecule has 0 spiro atoms. The maximum Gasteiger partial charge on any atom is -0.0184 e. The molecule has 0 bridgehead atoms. The van der Waals surface area contributed by atoms with Crippen LogP contribution in [-0.4, -0.2) is 0 Å². The Bertz CT molecular complexity index is 309. The molecule has 0 N–H and O–H groups in total. The van der Waals surface area contributed by atoms with E-state index < -0.39 is 0 Å². The van der Waals surface area contributed by atoms with Crippen molar-refractivity contribution in [2.24, 2.45) is 0 Å². The number of hydrogen-bond acceptors (Lipinski definition) is 0. The Kier molecular flexibility index (Phi) is 24.5. The highest BCUT2D eigenvalue weighted by Gasteiger charge is 1.93. The molecule has 0 aromatic carbocycles. The quantitative estimate of drug-likeness (QED) is 0.488. The molecule has 0 aliphatic rings. The lowest BCUT2D eigenvalue weighted by Crippen LogP contribution is -1.81. The van der Waals surface area contributed by atoms with E-state index in [1.54, 1.807) is 24.3 Å². The van der Waals surface area contributed by atoms with E-state index in [1.807, 2.05) is 52.0 Å². The molecular formula is C18H28. The van der Waals surface area contributed by atoms with Gasteiger partial charge in [-0.15, -0.1) is 0 Å². The Labute approximate surface area is 114 Å². The van der Waals surface area contributed by atoms with Gasteiger partial charge < -0.3 is 0 Å². The summed E-state index contributed by atoms with van der Waals surface area (Å²) in [5, 5.41) is 0. The van der Waals surface area contributed by atoms with Gasteiger partial charge in [-0.3, -0.25) is 0 Å². The monoisotopic (exact) mass is 244 g/mol. The molecule has 0 aromatic heterocycles. The Morgan fingerprint density at radius 1 is 0.667 bits per heavy atom. The van der Waals surface area contributed by atoms with Crippen LogP contribution in [0.5, 0.6) is 0 Å². The zero-order valence-electron chi connectivity index (χ0n) is 12.4. The van der Waals surface area contributed by atoms with Crippen LogP contribution in [0.1, 0.15) is 27.7 Å². The largest absolute Gasteiger partial charge is 0.0991 e. The van der Waals surface area contributed by atoms with Crippen molar-refractivity contribution < 1.29 is 0 Å². The van der Waals surface area contributed by atoms with Crippen molar-refractivity contribution in [2.75, 3.05) is 0 Å². The molecule has 0 heterocycles. The molecule has 18 heavy (non-hydrogen) atoms. The van der Waals surface area contributed by atoms with Gasteiger partial charge in [-0.05, 0) is 11.1 Å². The molecule has 0 saturated heterocycles. The molecule has 0 aromatic rings. The highest BCUT2D eigenvalue weighted by atomic mass is 14.0. The van der Waals surface area contributed by atoms with E-state index in [4.69, 9.17) is 0 Å². The van der Waals surface area contributed by atoms with Gasteiger partial charge in [-0.25, -0.2) is 0 Å². The van der Waals surface area contributed by atoms with Gasteiger partial charge in [0.25, 0.3) is 0 Å². The van der Waals surface area contributed by atoms with E-state index in [9.17, 15) is 0 Å². The lowest BCUT2D eigenvalue weighted by Gasteiger charge is -2.00. The molecule has 0 aliphatic heterocycles. The molecule has 0 nitrogen and oxygen atoms in total. The molecule has 0 fully saturated rings. The van der Waals surface area contributed by atoms with Gasteiger partial charge in [0.1, 0.15) is 0 Å². The van der Waals surface area contributed by atoms with Crippen molar-refractivity contribution in [3.05, 3.63) is 86.1 Å². The maximum absolute atomic E-state index is 3.74. The molecule has 0 aliphatic carbocycles. The maximum atomic E-state index is 3.74. The smallest absolute Gasteiger partial charge is 0.0184 e. The second kappa shape index (κ2) is 20.6. The summed E-state index contributed by atoms with van der Waals surface area (Å²) in [5.41, 5.74) is 2.05. The second-order valence-corrected chi connectivity index (χ2v) is 2.51. The summed E-state index contributed by atoms with van der Waals surface area (Å²) >= 11 is 0. The minimum atomic E-state index is 1.01. The van der Waals surface area contributed by atoms with E-state index in [1.165, 1.54) is 0 Å². The van der Waals surface area contributed by atoms with Gasteiger partial charge in [0.2, 0.25) is 0 Å². The van der Waals surface area contributed by atoms with Gasteiger partial charge >= 0.3 is 0 Å². The summed E-state index contributed by atoms with van der Waals surface area (Å²) < 4.78 is 0. The van der Waals surface area contributed by atoms with E-state index >= 15 is 0 Å². The van der Waals surface area contributed by atoms with Crippen LogP contribution in [0, 0.1) is 0 Å². The van der Waals surface area contributed by atoms with Crippen LogP contribution in [0.2, 0.25) is 0 Å². The van der Waals surface area contributed by atoms with Crippen LogP contribution in [0.3, 0.4) is 0 Å². The van der Waals surface area contributed by atoms with Crippen LogP contribution in [-0.2, 0) is 0 Å². The summed E-state index contributed by atoms with van der Waals surface area (Å²) in [5.74, 6) is 0. The van der Waals surface area contributed by atoms with E-state index in [2.05, 4.69) is 26.3 Å². The predicted octanol–water partition coefficient (Wildman–Crippen LogP) is 6.19. The highest BCUT2D eigenvalue weighted by Crippen LogP contribution is 2.13. The van der Waals surface area contributed by atoms with Gasteiger partial charge in [-0.2, -0.15) is 0 Å². The van der Waals surface area contributed by atoms with Crippen LogP contribution >= 0.6 is 0 Å². The Balaban J connectivity index is -0.000000506. The molecule has 100 valence electrons. The van der Waals surface area contributed by atoms with Crippen molar-refractivity contribution >= 4 is 0 Å². The third kappa shape index (κ3) is 12.3. The number of hydrogen-bond donors (Lipinski definition) is 0. The summed E-state index contributed by atoms with van der Waals surface area (Å²) in [4.78, 5) is 0. The summed E-state index contributed by atoms with van der Waals surface area (Å²) in [6.07, 6.45) is 14.6. The van der Waals surface area contributed by atoms with Crippen molar-refractivity contribution in [3.8, 4) is 0 Å². The van der Waals surface area contributed by atoms with Gasteiger partial charge in [0.15, 0.2) is 0 Å². The predicted molar refractivity (Wildman–Crippen MR) is 88.8 cm³/mol. The van der Waals surface area contributed by atoms with E-state index in [0.29, 0.717) is 0 Å². The molecule has 0 heteroatoms. The fraction of sp³-hybridized carbons (Fsp3) is 0.222. The van der Waals surface area contributed by atoms with E-state index in [0.717, 1.165) is 11.1 Å². The third-order valence-corrected chi connectivity index (χ3v) is 1.56. The summed E-state index contributed by atoms with van der Waals surface area (Å²) in [6.45, 7) is 22.7. The summed E-state index contributed by atoms with van der Waals surface area (Å²) in [7, 11) is 0. The van der Waals surface area contributed by atoms with Crippen LogP contribution in [0.4, 0.5) is 0 Å². The van der Waals surface area contributed by atoms with Crippen molar-refractivity contribution in [2.45, 2.75) is 27.7 Å². The molecule has 0 saturated carbocycles. The zero-order valence-corrected chi connectivity index (χ0v) is 12.4. The minimum absolute atomic E-state index is 1.01. The highest BCUT2D eigenvalue weighted by molar-refractivity contribution is 5.49. The lowest BCUT2D eigenvalue weighted by atomic mass is 10.0. The minimum Gasteiger partial charge on any atom is -0.0991 e. The molecular weight excluding hydrogens is 216 g/mol. The van der Waals surface area contributed by atoms with Crippen LogP contribution < -0.4 is 0 Å². The topological polar surface area (TPSA) is 0 Å². The standard InChI is InChI=1S/C14H16.2C2H6/c1-5-9-12-14(11-7-3)13(8-4)10-6-2;2*1-2/h5-12H,1-4H2;2*1-2H3/b12-9-,13-10+,14-11+;;. The lowest BCUT2D eigenvalue weighted by molar-refractivity contribution is 1.50. The van der Waals surface area contributed by atoms with Crippen molar-refractivity contribution in [1.82, 2.24) is 0 Å². The third-order valence-electron chi connectivity index (χ3n) is 1.56. The first-order chi connectivity index (χ1) is 8.79. The van der Waals surface area contributed by atoms with Crippen LogP contribution in [0.15, 0.2) is 86.1 Å². The first-order valence-corrected chi connectivity index (χ1v) is 6.37. The molecule has 0 atom stereocenters. The molecule has 0 amide bonds. The van der Waals surface area contributed by atoms with Gasteiger partial charge in [0.05, 0.1) is 0 Å². The number of rotatable bonds is 6. The first kappa shape index (κ1) is 21.5. The fourth-order valence-electron chi connectivity index (χ4n) is 0.956. The SMILES string of the molecule is C=C\C=C/C(=C\C=C)C(/C=C)=C/C=C.CC.CC. The average molecular weight is 244 g/mol. The molecule has 0 rings (SSSR count).